The number of hydrogen-bond acceptors (Lipinski definition) is 5. The van der Waals surface area contributed by atoms with E-state index in [-0.39, 0.29) is 11.4 Å². The maximum atomic E-state index is 12.3. The van der Waals surface area contributed by atoms with Crippen LogP contribution in [0.25, 0.3) is 0 Å². The van der Waals surface area contributed by atoms with Crippen LogP contribution in [0.5, 0.6) is 0 Å². The zero-order valence-electron chi connectivity index (χ0n) is 11.1. The van der Waals surface area contributed by atoms with Gasteiger partial charge in [0.15, 0.2) is 0 Å². The summed E-state index contributed by atoms with van der Waals surface area (Å²) in [6.45, 7) is 2.76. The van der Waals surface area contributed by atoms with E-state index in [2.05, 4.69) is 10.0 Å². The molecular formula is C12H17N3O4S. The number of anilines is 1. The van der Waals surface area contributed by atoms with Gasteiger partial charge in [0.2, 0.25) is 10.0 Å². The molecule has 0 radical (unpaired) electrons. The van der Waals surface area contributed by atoms with Crippen molar-refractivity contribution in [3.63, 3.8) is 0 Å². The van der Waals surface area contributed by atoms with Crippen molar-refractivity contribution in [3.8, 4) is 0 Å². The van der Waals surface area contributed by atoms with Crippen molar-refractivity contribution in [2.45, 2.75) is 25.0 Å². The Labute approximate surface area is 117 Å². The summed E-state index contributed by atoms with van der Waals surface area (Å²) >= 11 is 0. The van der Waals surface area contributed by atoms with Crippen LogP contribution in [-0.4, -0.2) is 31.7 Å². The van der Waals surface area contributed by atoms with Gasteiger partial charge in [-0.15, -0.1) is 0 Å². The van der Waals surface area contributed by atoms with Crippen molar-refractivity contribution in [1.82, 2.24) is 5.32 Å². The largest absolute Gasteiger partial charge is 0.315 e. The number of piperidine rings is 1. The molecular weight excluding hydrogens is 282 g/mol. The van der Waals surface area contributed by atoms with Gasteiger partial charge in [0.05, 0.1) is 21.4 Å². The van der Waals surface area contributed by atoms with Crippen LogP contribution in [0.3, 0.4) is 0 Å². The Bertz CT molecular complexity index is 609. The molecule has 1 aliphatic heterocycles. The molecule has 0 bridgehead atoms. The molecule has 7 nitrogen and oxygen atoms in total. The van der Waals surface area contributed by atoms with Crippen molar-refractivity contribution in [3.05, 3.63) is 33.9 Å². The van der Waals surface area contributed by atoms with Crippen LogP contribution < -0.4 is 10.0 Å². The number of nitrogens with zero attached hydrogens (tertiary/aromatic N) is 1. The number of nitro groups is 1. The highest BCUT2D eigenvalue weighted by Gasteiger charge is 2.28. The van der Waals surface area contributed by atoms with Gasteiger partial charge in [-0.25, -0.2) is 8.42 Å². The van der Waals surface area contributed by atoms with Crippen LogP contribution in [0.4, 0.5) is 11.4 Å². The minimum Gasteiger partial charge on any atom is -0.315 e. The Hall–Kier alpha value is -1.67. The maximum absolute atomic E-state index is 12.3. The lowest BCUT2D eigenvalue weighted by atomic mass is 10.2. The quantitative estimate of drug-likeness (QED) is 0.646. The first kappa shape index (κ1) is 14.7. The zero-order chi connectivity index (χ0) is 14.8. The monoisotopic (exact) mass is 299 g/mol. The predicted octanol–water partition coefficient (Wildman–Crippen LogP) is 1.40. The molecule has 110 valence electrons. The molecule has 0 amide bonds. The number of sulfonamides is 1. The van der Waals surface area contributed by atoms with Gasteiger partial charge >= 0.3 is 0 Å². The van der Waals surface area contributed by atoms with Crippen molar-refractivity contribution >= 4 is 21.4 Å². The molecule has 1 unspecified atom stereocenters. The van der Waals surface area contributed by atoms with E-state index in [1.807, 2.05) is 0 Å². The third-order valence-corrected chi connectivity index (χ3v) is 5.23. The van der Waals surface area contributed by atoms with Gasteiger partial charge in [0, 0.05) is 12.6 Å². The standard InChI is InChI=1S/C12H17N3O4S/c1-9-11(5-2-6-12(9)15(16)17)14-20(18,19)10-4-3-7-13-8-10/h2,5-6,10,13-14H,3-4,7-8H2,1H3. The van der Waals surface area contributed by atoms with E-state index in [0.717, 1.165) is 13.0 Å². The van der Waals surface area contributed by atoms with E-state index in [4.69, 9.17) is 0 Å². The molecule has 2 N–H and O–H groups in total. The SMILES string of the molecule is Cc1c(NS(=O)(=O)C2CCCNC2)cccc1[N+](=O)[O-]. The minimum absolute atomic E-state index is 0.0908. The van der Waals surface area contributed by atoms with E-state index in [1.165, 1.54) is 25.1 Å². The summed E-state index contributed by atoms with van der Waals surface area (Å²) < 4.78 is 27.0. The highest BCUT2D eigenvalue weighted by atomic mass is 32.2. The van der Waals surface area contributed by atoms with Crippen LogP contribution in [0, 0.1) is 17.0 Å². The summed E-state index contributed by atoms with van der Waals surface area (Å²) in [4.78, 5) is 10.3. The molecule has 0 aromatic heterocycles. The number of hydrogen-bond donors (Lipinski definition) is 2. The molecule has 1 saturated heterocycles. The van der Waals surface area contributed by atoms with Crippen molar-refractivity contribution < 1.29 is 13.3 Å². The lowest BCUT2D eigenvalue weighted by molar-refractivity contribution is -0.385. The van der Waals surface area contributed by atoms with E-state index in [0.29, 0.717) is 18.5 Å². The molecule has 1 fully saturated rings. The van der Waals surface area contributed by atoms with E-state index in [9.17, 15) is 18.5 Å². The Balaban J connectivity index is 2.25. The predicted molar refractivity (Wildman–Crippen MR) is 76.3 cm³/mol. The number of benzene rings is 1. The molecule has 20 heavy (non-hydrogen) atoms. The molecule has 0 aliphatic carbocycles. The smallest absolute Gasteiger partial charge is 0.274 e. The van der Waals surface area contributed by atoms with Gasteiger partial charge in [-0.1, -0.05) is 6.07 Å². The molecule has 1 heterocycles. The van der Waals surface area contributed by atoms with E-state index >= 15 is 0 Å². The van der Waals surface area contributed by atoms with Gasteiger partial charge < -0.3 is 5.32 Å². The van der Waals surface area contributed by atoms with E-state index < -0.39 is 20.2 Å². The van der Waals surface area contributed by atoms with Gasteiger partial charge in [0.25, 0.3) is 5.69 Å². The summed E-state index contributed by atoms with van der Waals surface area (Å²) in [5.74, 6) is 0. The fraction of sp³-hybridized carbons (Fsp3) is 0.500. The molecule has 8 heteroatoms. The highest BCUT2D eigenvalue weighted by molar-refractivity contribution is 7.93. The Kier molecular flexibility index (Phi) is 4.24. The van der Waals surface area contributed by atoms with Crippen LogP contribution in [0.15, 0.2) is 18.2 Å². The lowest BCUT2D eigenvalue weighted by Crippen LogP contribution is -2.41. The van der Waals surface area contributed by atoms with Crippen LogP contribution in [0.1, 0.15) is 18.4 Å². The number of nitro benzene ring substituents is 1. The van der Waals surface area contributed by atoms with Crippen LogP contribution >= 0.6 is 0 Å². The van der Waals surface area contributed by atoms with Crippen molar-refractivity contribution in [2.75, 3.05) is 17.8 Å². The Morgan fingerprint density at radius 3 is 2.80 bits per heavy atom. The van der Waals surface area contributed by atoms with E-state index in [1.54, 1.807) is 0 Å². The zero-order valence-corrected chi connectivity index (χ0v) is 11.9. The first-order chi connectivity index (χ1) is 9.42. The molecule has 1 atom stereocenters. The highest BCUT2D eigenvalue weighted by Crippen LogP contribution is 2.27. The molecule has 1 aromatic rings. The third-order valence-electron chi connectivity index (χ3n) is 3.44. The second-order valence-electron chi connectivity index (χ2n) is 4.82. The Morgan fingerprint density at radius 1 is 1.45 bits per heavy atom. The fourth-order valence-corrected chi connectivity index (χ4v) is 3.76. The minimum atomic E-state index is -3.54. The summed E-state index contributed by atoms with van der Waals surface area (Å²) in [6, 6.07) is 4.37. The first-order valence-corrected chi connectivity index (χ1v) is 7.93. The Morgan fingerprint density at radius 2 is 2.20 bits per heavy atom. The normalized spacial score (nSPS) is 19.6. The van der Waals surface area contributed by atoms with Gasteiger partial charge in [0.1, 0.15) is 0 Å². The number of rotatable bonds is 4. The van der Waals surface area contributed by atoms with Crippen LogP contribution in [0.2, 0.25) is 0 Å². The van der Waals surface area contributed by atoms with Crippen molar-refractivity contribution in [1.29, 1.82) is 0 Å². The average molecular weight is 299 g/mol. The van der Waals surface area contributed by atoms with Gasteiger partial charge in [-0.3, -0.25) is 14.8 Å². The lowest BCUT2D eigenvalue weighted by Gasteiger charge is -2.23. The number of nitrogens with one attached hydrogen (secondary N) is 2. The molecule has 1 aliphatic rings. The van der Waals surface area contributed by atoms with Crippen molar-refractivity contribution in [2.24, 2.45) is 0 Å². The van der Waals surface area contributed by atoms with Gasteiger partial charge in [-0.2, -0.15) is 0 Å². The topological polar surface area (TPSA) is 101 Å². The summed E-state index contributed by atoms with van der Waals surface area (Å²) in [5.41, 5.74) is 0.501. The second-order valence-corrected chi connectivity index (χ2v) is 6.78. The summed E-state index contributed by atoms with van der Waals surface area (Å²) in [7, 11) is -3.54. The summed E-state index contributed by atoms with van der Waals surface area (Å²) in [6.07, 6.45) is 1.40. The molecule has 0 spiro atoms. The molecule has 2 rings (SSSR count). The fourth-order valence-electron chi connectivity index (χ4n) is 2.25. The third kappa shape index (κ3) is 3.07. The molecule has 0 saturated carbocycles. The average Bonchev–Trinajstić information content (AvgIpc) is 2.41. The first-order valence-electron chi connectivity index (χ1n) is 6.38. The second kappa shape index (κ2) is 5.76. The summed E-state index contributed by atoms with van der Waals surface area (Å²) in [5, 5.41) is 13.4. The maximum Gasteiger partial charge on any atom is 0.274 e. The van der Waals surface area contributed by atoms with Crippen LogP contribution in [-0.2, 0) is 10.0 Å². The molecule has 1 aromatic carbocycles. The van der Waals surface area contributed by atoms with Gasteiger partial charge in [-0.05, 0) is 32.4 Å².